The summed E-state index contributed by atoms with van der Waals surface area (Å²) < 4.78 is 30.4. The number of ether oxygens (including phenoxy) is 4. The summed E-state index contributed by atoms with van der Waals surface area (Å²) in [5.74, 6) is 5.97. The summed E-state index contributed by atoms with van der Waals surface area (Å²) in [6.45, 7) is 10.8. The molecule has 4 aliphatic heterocycles. The quantitative estimate of drug-likeness (QED) is 0.0711. The minimum atomic E-state index is -3.06. The van der Waals surface area contributed by atoms with Crippen LogP contribution >= 0.6 is 10.0 Å². The molecule has 0 amide bonds. The number of hydrogen-bond donors (Lipinski definition) is 0. The fourth-order valence-electron chi connectivity index (χ4n) is 8.41. The van der Waals surface area contributed by atoms with Crippen molar-refractivity contribution < 1.29 is 18.9 Å². The number of unbranched alkanes of at least 4 members (excludes halogenated alkanes) is 4. The Morgan fingerprint density at radius 2 is 0.903 bits per heavy atom. The van der Waals surface area contributed by atoms with E-state index in [4.69, 9.17) is 59.0 Å². The van der Waals surface area contributed by atoms with Crippen molar-refractivity contribution >= 4 is 80.2 Å². The second kappa shape index (κ2) is 17.2. The van der Waals surface area contributed by atoms with Crippen LogP contribution in [0.15, 0.2) is 103 Å². The molecule has 10 rings (SSSR count). The van der Waals surface area contributed by atoms with Crippen molar-refractivity contribution in [3.05, 3.63) is 106 Å². The Kier molecular flexibility index (Phi) is 11.2. The van der Waals surface area contributed by atoms with Gasteiger partial charge in [-0.05, 0) is 49.9 Å². The zero-order valence-corrected chi connectivity index (χ0v) is 37.5. The smallest absolute Gasteiger partial charge is 0.493 e. The fraction of sp³-hybridized carbons (Fsp3) is 0.333. The Morgan fingerprint density at radius 3 is 1.50 bits per heavy atom. The number of amidine groups is 4. The first-order chi connectivity index (χ1) is 30.5. The van der Waals surface area contributed by atoms with Crippen molar-refractivity contribution in [1.82, 2.24) is 7.10 Å². The predicted molar refractivity (Wildman–Crippen MR) is 249 cm³/mol. The number of aromatic nitrogens is 2. The van der Waals surface area contributed by atoms with Gasteiger partial charge in [0.25, 0.3) is 0 Å². The van der Waals surface area contributed by atoms with Gasteiger partial charge in [0.15, 0.2) is 23.3 Å². The van der Waals surface area contributed by atoms with Crippen LogP contribution in [-0.2, 0) is 0 Å². The van der Waals surface area contributed by atoms with Gasteiger partial charge >= 0.3 is 13.7 Å². The van der Waals surface area contributed by atoms with Gasteiger partial charge in [0.05, 0.1) is 48.3 Å². The Morgan fingerprint density at radius 1 is 0.452 bits per heavy atom. The molecule has 0 radical (unpaired) electrons. The van der Waals surface area contributed by atoms with Gasteiger partial charge in [-0.15, -0.1) is 0 Å². The van der Waals surface area contributed by atoms with E-state index in [9.17, 15) is 0 Å². The summed E-state index contributed by atoms with van der Waals surface area (Å²) in [6, 6.07) is 24.2. The van der Waals surface area contributed by atoms with Gasteiger partial charge in [-0.25, -0.2) is 30.0 Å². The predicted octanol–water partition coefficient (Wildman–Crippen LogP) is 9.88. The van der Waals surface area contributed by atoms with Crippen LogP contribution in [0.3, 0.4) is 0 Å². The lowest BCUT2D eigenvalue weighted by atomic mass is 10.1. The zero-order chi connectivity index (χ0) is 42.3. The van der Waals surface area contributed by atoms with Gasteiger partial charge in [-0.2, -0.15) is 10.0 Å². The molecular weight excluding hydrogens is 815 g/mol. The normalized spacial score (nSPS) is 14.3. The van der Waals surface area contributed by atoms with Gasteiger partial charge in [-0.1, -0.05) is 102 Å². The van der Waals surface area contributed by atoms with Crippen LogP contribution in [0.5, 0.6) is 23.0 Å². The van der Waals surface area contributed by atoms with Crippen LogP contribution in [0.1, 0.15) is 101 Å². The lowest BCUT2D eigenvalue weighted by Crippen LogP contribution is -2.43. The zero-order valence-electron chi connectivity index (χ0n) is 35.6. The van der Waals surface area contributed by atoms with E-state index >= 15 is 0 Å². The highest BCUT2D eigenvalue weighted by molar-refractivity contribution is 7.05. The molecule has 12 nitrogen and oxygen atoms in total. The molecule has 6 aromatic rings. The van der Waals surface area contributed by atoms with Crippen LogP contribution in [-0.4, -0.2) is 70.5 Å². The average molecular weight is 863 g/mol. The maximum Gasteiger partial charge on any atom is 0.722 e. The van der Waals surface area contributed by atoms with Crippen LogP contribution in [0, 0.1) is 0 Å². The monoisotopic (exact) mass is 862 g/mol. The summed E-state index contributed by atoms with van der Waals surface area (Å²) in [5, 5.41) is 3.24. The highest BCUT2D eigenvalue weighted by Crippen LogP contribution is 2.46. The third-order valence-electron chi connectivity index (χ3n) is 11.6. The first-order valence-electron chi connectivity index (χ1n) is 22.1. The number of nitrogens with zero attached hydrogens (tertiary/aromatic N) is 8. The molecule has 4 aliphatic rings. The van der Waals surface area contributed by atoms with Crippen molar-refractivity contribution in [2.45, 2.75) is 79.1 Å². The van der Waals surface area contributed by atoms with Crippen LogP contribution in [0.4, 0.5) is 11.6 Å². The Balaban J connectivity index is 1.38. The summed E-state index contributed by atoms with van der Waals surface area (Å²) >= 11 is -3.06. The van der Waals surface area contributed by atoms with Crippen molar-refractivity contribution in [2.24, 2.45) is 30.0 Å². The highest BCUT2D eigenvalue weighted by Gasteiger charge is 2.40. The molecule has 314 valence electrons. The van der Waals surface area contributed by atoms with Gasteiger partial charge < -0.3 is 26.0 Å². The lowest BCUT2D eigenvalue weighted by Gasteiger charge is -2.15. The molecule has 0 spiro atoms. The van der Waals surface area contributed by atoms with E-state index in [2.05, 4.69) is 46.9 Å². The molecule has 0 unspecified atom stereocenters. The number of benzene rings is 4. The number of aliphatic imine (C=N–C) groups is 4. The number of hydrogen-bond acceptors (Lipinski definition) is 10. The van der Waals surface area contributed by atoms with Gasteiger partial charge in [0, 0.05) is 21.9 Å². The van der Waals surface area contributed by atoms with E-state index in [0.717, 1.165) is 95.2 Å². The van der Waals surface area contributed by atoms with Crippen molar-refractivity contribution in [2.75, 3.05) is 26.4 Å². The lowest BCUT2D eigenvalue weighted by molar-refractivity contribution is 0.308. The van der Waals surface area contributed by atoms with E-state index < -0.39 is 13.7 Å². The van der Waals surface area contributed by atoms with Crippen molar-refractivity contribution in [1.29, 1.82) is 0 Å². The Hall–Kier alpha value is -5.74. The van der Waals surface area contributed by atoms with Crippen molar-refractivity contribution in [3.8, 4) is 23.0 Å². The first-order valence-corrected chi connectivity index (χ1v) is 24.9. The molecule has 6 heterocycles. The second-order valence-electron chi connectivity index (χ2n) is 15.8. The molecule has 62 heavy (non-hydrogen) atoms. The summed E-state index contributed by atoms with van der Waals surface area (Å²) in [6.07, 6.45) is 7.62. The van der Waals surface area contributed by atoms with Crippen LogP contribution in [0.25, 0.3) is 21.5 Å². The summed E-state index contributed by atoms with van der Waals surface area (Å²) in [5.41, 5.74) is 4.40. The molecule has 6 bridgehead atoms. The minimum Gasteiger partial charge on any atom is -0.493 e. The van der Waals surface area contributed by atoms with Crippen LogP contribution < -0.4 is 29.9 Å². The van der Waals surface area contributed by atoms with E-state index in [0.29, 0.717) is 95.4 Å². The maximum atomic E-state index is 8.21. The number of fused-ring (bicyclic) bond motifs is 14. The molecule has 0 N–H and O–H groups in total. The van der Waals surface area contributed by atoms with E-state index in [1.165, 1.54) is 0 Å². The second-order valence-corrected chi connectivity index (χ2v) is 18.7. The summed E-state index contributed by atoms with van der Waals surface area (Å²) in [7, 11) is 8.21. The number of halogens is 1. The SMILES string of the molecule is CCCCOc1cccc2c1C1=NC2=Nc2c3c(OCCCC)cccc3c3[n]2[Al]([Cl])[n]2c(c4cccc(OCCCC)c4c2=NC2=NC(=N3)c3c(OCCCC)cccc32)=N1. The van der Waals surface area contributed by atoms with E-state index in [-0.39, 0.29) is 0 Å². The fourth-order valence-corrected chi connectivity index (χ4v) is 11.3. The molecular formula is C48H48AlClN8O4. The third kappa shape index (κ3) is 6.82. The maximum absolute atomic E-state index is 8.21. The largest absolute Gasteiger partial charge is 0.722 e. The third-order valence-corrected chi connectivity index (χ3v) is 14.6. The molecule has 0 saturated carbocycles. The molecule has 2 aromatic heterocycles. The standard InChI is InChI=1S/C48H48N8O4.Al.ClH/c1-5-9-25-57-33-21-13-17-29-37(33)45-49-41(29)54-46-39-31(19-15-23-35(39)59-27-11-7-3)43(51-46)56-48-40-32(20-16-24-36(40)60-28-12-8-4)44(52-48)55-47-38-30(42(50-47)53-45)18-14-22-34(38)58-26-10-6-2;;/h13-24H,5-12,25-28H2,1-4H3;;1H/q-2;+3;/p-1. The molecule has 0 saturated heterocycles. The highest BCUT2D eigenvalue weighted by atomic mass is 35.6. The van der Waals surface area contributed by atoms with Gasteiger partial charge in [-0.3, -0.25) is 0 Å². The molecule has 0 atom stereocenters. The molecule has 0 fully saturated rings. The van der Waals surface area contributed by atoms with E-state index in [1.54, 1.807) is 0 Å². The molecule has 4 aromatic carbocycles. The topological polar surface area (TPSA) is 121 Å². The van der Waals surface area contributed by atoms with Crippen molar-refractivity contribution in [3.63, 3.8) is 0 Å². The Labute approximate surface area is 369 Å². The first kappa shape index (κ1) is 40.3. The molecule has 14 heteroatoms. The van der Waals surface area contributed by atoms with Gasteiger partial charge in [0.2, 0.25) is 0 Å². The Bertz CT molecular complexity index is 3020. The van der Waals surface area contributed by atoms with E-state index in [1.807, 2.05) is 60.7 Å². The van der Waals surface area contributed by atoms with Gasteiger partial charge in [0.1, 0.15) is 45.6 Å². The van der Waals surface area contributed by atoms with Crippen LogP contribution in [0.2, 0.25) is 0 Å². The molecule has 0 aliphatic carbocycles. The minimum absolute atomic E-state index is 0.488. The number of rotatable bonds is 16. The summed E-state index contributed by atoms with van der Waals surface area (Å²) in [4.78, 5) is 32.5. The average Bonchev–Trinajstić information content (AvgIpc) is 4.00.